The number of nitrogens with one attached hydrogen (secondary N) is 1. The van der Waals surface area contributed by atoms with Gasteiger partial charge in [0.2, 0.25) is 0 Å². The van der Waals surface area contributed by atoms with Gasteiger partial charge in [0, 0.05) is 11.1 Å². The summed E-state index contributed by atoms with van der Waals surface area (Å²) in [6, 6.07) is 14.4. The minimum absolute atomic E-state index is 0.124. The van der Waals surface area contributed by atoms with Gasteiger partial charge in [-0.1, -0.05) is 43.3 Å². The van der Waals surface area contributed by atoms with Crippen molar-refractivity contribution >= 4 is 11.9 Å². The summed E-state index contributed by atoms with van der Waals surface area (Å²) in [4.78, 5) is 17.0. The fourth-order valence-corrected chi connectivity index (χ4v) is 4.24. The fraction of sp³-hybridized carbons (Fsp3) is 0.364. The summed E-state index contributed by atoms with van der Waals surface area (Å²) in [7, 11) is 0. The number of nitrogens with zero attached hydrogens (tertiary/aromatic N) is 1. The first kappa shape index (κ1) is 19.5. The van der Waals surface area contributed by atoms with E-state index in [-0.39, 0.29) is 24.3 Å². The minimum Gasteiger partial charge on any atom is -0.459 e. The van der Waals surface area contributed by atoms with Crippen LogP contribution in [0.25, 0.3) is 0 Å². The summed E-state index contributed by atoms with van der Waals surface area (Å²) >= 11 is 0. The number of carbonyl (C=O) groups excluding carboxylic acids is 1. The van der Waals surface area contributed by atoms with Gasteiger partial charge in [0.05, 0.1) is 18.6 Å². The molecule has 29 heavy (non-hydrogen) atoms. The van der Waals surface area contributed by atoms with E-state index in [1.165, 1.54) is 12.1 Å². The summed E-state index contributed by atoms with van der Waals surface area (Å²) in [5.41, 5.74) is -0.993. The molecule has 152 valence electrons. The number of rotatable bonds is 4. The first-order chi connectivity index (χ1) is 14.1. The number of fused-ring (bicyclic) bond motifs is 1. The van der Waals surface area contributed by atoms with E-state index < -0.39 is 36.0 Å². The van der Waals surface area contributed by atoms with E-state index >= 15 is 0 Å². The predicted molar refractivity (Wildman–Crippen MR) is 104 cm³/mol. The van der Waals surface area contributed by atoms with Gasteiger partial charge >= 0.3 is 0 Å². The third kappa shape index (κ3) is 3.40. The molecule has 1 fully saturated rings. The molecular formula is C22H22F2N2O3. The highest BCUT2D eigenvalue weighted by Gasteiger charge is 2.57. The zero-order chi connectivity index (χ0) is 20.4. The van der Waals surface area contributed by atoms with E-state index in [1.807, 2.05) is 6.92 Å². The van der Waals surface area contributed by atoms with Crippen molar-refractivity contribution in [3.8, 4) is 0 Å². The number of hydrogen-bond donors (Lipinski definition) is 1. The van der Waals surface area contributed by atoms with Crippen molar-refractivity contribution in [3.05, 3.63) is 71.5 Å². The lowest BCUT2D eigenvalue weighted by molar-refractivity contribution is 0.0318. The van der Waals surface area contributed by atoms with Gasteiger partial charge in [-0.3, -0.25) is 10.1 Å². The zero-order valence-corrected chi connectivity index (χ0v) is 16.0. The van der Waals surface area contributed by atoms with Crippen LogP contribution in [0.2, 0.25) is 0 Å². The molecule has 5 nitrogen and oxygen atoms in total. The molecule has 7 heteroatoms. The van der Waals surface area contributed by atoms with Gasteiger partial charge in [-0.05, 0) is 24.6 Å². The zero-order valence-electron chi connectivity index (χ0n) is 16.0. The Hall–Kier alpha value is -2.80. The highest BCUT2D eigenvalue weighted by atomic mass is 19.1. The van der Waals surface area contributed by atoms with Crippen molar-refractivity contribution in [2.24, 2.45) is 10.9 Å². The lowest BCUT2D eigenvalue weighted by Gasteiger charge is -2.42. The number of amidine groups is 1. The van der Waals surface area contributed by atoms with Crippen molar-refractivity contribution in [1.29, 1.82) is 0 Å². The SMILES string of the molecule is CC[C@@H]1OC[C@H]2OC(NC(=O)c3ccccc3)=N[C@](CF)(c3ccccc3F)[C@@H]12. The maximum absolute atomic E-state index is 14.7. The van der Waals surface area contributed by atoms with Crippen LogP contribution >= 0.6 is 0 Å². The van der Waals surface area contributed by atoms with Crippen molar-refractivity contribution in [3.63, 3.8) is 0 Å². The first-order valence-corrected chi connectivity index (χ1v) is 9.64. The van der Waals surface area contributed by atoms with Crippen molar-refractivity contribution in [1.82, 2.24) is 5.32 Å². The standard InChI is InChI=1S/C22H22F2N2O3/c1-2-17-19-18(12-28-17)29-21(25-20(27)14-8-4-3-5-9-14)26-22(19,13-23)15-10-6-7-11-16(15)24/h3-11,17-19H,2,12-13H2,1H3,(H,25,26,27)/t17-,18+,19-,22+/m0/s1. The van der Waals surface area contributed by atoms with Crippen LogP contribution in [0.15, 0.2) is 59.6 Å². The summed E-state index contributed by atoms with van der Waals surface area (Å²) in [5, 5.41) is 2.60. The lowest BCUT2D eigenvalue weighted by Crippen LogP contribution is -2.53. The van der Waals surface area contributed by atoms with Crippen molar-refractivity contribution in [2.45, 2.75) is 31.1 Å². The number of aliphatic imine (C=N–C) groups is 1. The Balaban J connectivity index is 1.77. The van der Waals surface area contributed by atoms with Gasteiger partial charge in [0.25, 0.3) is 11.9 Å². The maximum Gasteiger partial charge on any atom is 0.293 e. The molecule has 1 amide bonds. The van der Waals surface area contributed by atoms with Crippen molar-refractivity contribution < 1.29 is 23.0 Å². The van der Waals surface area contributed by atoms with Crippen LogP contribution in [0, 0.1) is 11.7 Å². The molecule has 0 bridgehead atoms. The maximum atomic E-state index is 14.7. The number of hydrogen-bond acceptors (Lipinski definition) is 4. The molecule has 0 aliphatic carbocycles. The molecule has 2 aliphatic rings. The van der Waals surface area contributed by atoms with Gasteiger partial charge < -0.3 is 9.47 Å². The lowest BCUT2D eigenvalue weighted by atomic mass is 9.73. The highest BCUT2D eigenvalue weighted by molar-refractivity contribution is 6.04. The van der Waals surface area contributed by atoms with Crippen LogP contribution in [-0.4, -0.2) is 37.4 Å². The van der Waals surface area contributed by atoms with Gasteiger partial charge in [0.15, 0.2) is 0 Å². The molecule has 4 atom stereocenters. The van der Waals surface area contributed by atoms with E-state index in [0.29, 0.717) is 12.0 Å². The van der Waals surface area contributed by atoms with Gasteiger partial charge in [-0.2, -0.15) is 0 Å². The average molecular weight is 400 g/mol. The van der Waals surface area contributed by atoms with Crippen LogP contribution in [0.3, 0.4) is 0 Å². The predicted octanol–water partition coefficient (Wildman–Crippen LogP) is 3.60. The van der Waals surface area contributed by atoms with Crippen LogP contribution in [0.5, 0.6) is 0 Å². The largest absolute Gasteiger partial charge is 0.459 e. The Labute approximate surface area is 167 Å². The Morgan fingerprint density at radius 2 is 1.93 bits per heavy atom. The molecule has 4 rings (SSSR count). The second kappa shape index (κ2) is 7.91. The number of carbonyl (C=O) groups is 1. The molecule has 0 spiro atoms. The monoisotopic (exact) mass is 400 g/mol. The third-order valence-electron chi connectivity index (χ3n) is 5.59. The molecule has 2 aliphatic heterocycles. The molecule has 2 aromatic rings. The van der Waals surface area contributed by atoms with Gasteiger partial charge in [0.1, 0.15) is 24.1 Å². The van der Waals surface area contributed by atoms with E-state index in [0.717, 1.165) is 0 Å². The topological polar surface area (TPSA) is 59.9 Å². The normalized spacial score (nSPS) is 28.2. The molecule has 1 saturated heterocycles. The number of alkyl halides is 1. The molecule has 0 radical (unpaired) electrons. The van der Waals surface area contributed by atoms with E-state index in [4.69, 9.17) is 9.47 Å². The second-order valence-corrected chi connectivity index (χ2v) is 7.24. The minimum atomic E-state index is -1.54. The third-order valence-corrected chi connectivity index (χ3v) is 5.59. The van der Waals surface area contributed by atoms with Gasteiger partial charge in [-0.25, -0.2) is 13.8 Å². The molecule has 2 aromatic carbocycles. The van der Waals surface area contributed by atoms with Crippen LogP contribution in [0.4, 0.5) is 8.78 Å². The summed E-state index contributed by atoms with van der Waals surface area (Å²) in [6.45, 7) is 1.20. The smallest absolute Gasteiger partial charge is 0.293 e. The Morgan fingerprint density at radius 1 is 1.21 bits per heavy atom. The van der Waals surface area contributed by atoms with Gasteiger partial charge in [-0.15, -0.1) is 0 Å². The van der Waals surface area contributed by atoms with Crippen LogP contribution < -0.4 is 5.32 Å². The van der Waals surface area contributed by atoms with Crippen LogP contribution in [-0.2, 0) is 15.0 Å². The fourth-order valence-electron chi connectivity index (χ4n) is 4.24. The Kier molecular flexibility index (Phi) is 5.32. The first-order valence-electron chi connectivity index (χ1n) is 9.64. The number of amides is 1. The Bertz CT molecular complexity index is 921. The summed E-state index contributed by atoms with van der Waals surface area (Å²) in [6.07, 6.45) is -0.258. The van der Waals surface area contributed by atoms with E-state index in [2.05, 4.69) is 10.3 Å². The average Bonchev–Trinajstić information content (AvgIpc) is 3.18. The van der Waals surface area contributed by atoms with E-state index in [1.54, 1.807) is 42.5 Å². The molecule has 0 saturated carbocycles. The molecule has 0 aromatic heterocycles. The molecule has 1 N–H and O–H groups in total. The number of ether oxygens (including phenoxy) is 2. The second-order valence-electron chi connectivity index (χ2n) is 7.24. The molecule has 0 unspecified atom stereocenters. The van der Waals surface area contributed by atoms with Crippen LogP contribution in [0.1, 0.15) is 29.3 Å². The number of halogens is 2. The highest BCUT2D eigenvalue weighted by Crippen LogP contribution is 2.47. The summed E-state index contributed by atoms with van der Waals surface area (Å²) < 4.78 is 41.1. The van der Waals surface area contributed by atoms with Crippen molar-refractivity contribution in [2.75, 3.05) is 13.3 Å². The molecule has 2 heterocycles. The number of benzene rings is 2. The van der Waals surface area contributed by atoms with E-state index in [9.17, 15) is 13.6 Å². The summed E-state index contributed by atoms with van der Waals surface area (Å²) in [5.74, 6) is -1.49. The molecular weight excluding hydrogens is 378 g/mol. The Morgan fingerprint density at radius 3 is 2.62 bits per heavy atom. The quantitative estimate of drug-likeness (QED) is 0.853.